The van der Waals surface area contributed by atoms with Crippen LogP contribution >= 0.6 is 0 Å². The molecule has 1 atom stereocenters. The van der Waals surface area contributed by atoms with E-state index in [0.717, 1.165) is 11.1 Å². The predicted octanol–water partition coefficient (Wildman–Crippen LogP) is 2.85. The van der Waals surface area contributed by atoms with Gasteiger partial charge in [-0.3, -0.25) is 9.59 Å². The van der Waals surface area contributed by atoms with E-state index in [1.807, 2.05) is 57.2 Å². The standard InChI is InChI=1S/C19H22N2O2/c1-13-6-4-8-16(10-13)18(22)20-12-15(3)21-19(23)17-9-5-7-14(2)11-17/h4-11,15H,12H2,1-3H3,(H,20,22)(H,21,23)/t15-/m0/s1. The average Bonchev–Trinajstić information content (AvgIpc) is 2.52. The maximum Gasteiger partial charge on any atom is 0.251 e. The average molecular weight is 310 g/mol. The molecule has 0 aliphatic carbocycles. The minimum absolute atomic E-state index is 0.133. The molecule has 0 unspecified atom stereocenters. The number of rotatable bonds is 5. The first-order chi connectivity index (χ1) is 11.0. The van der Waals surface area contributed by atoms with E-state index in [1.54, 1.807) is 12.1 Å². The van der Waals surface area contributed by atoms with Crippen LogP contribution in [-0.2, 0) is 0 Å². The number of nitrogens with one attached hydrogen (secondary N) is 2. The summed E-state index contributed by atoms with van der Waals surface area (Å²) in [6, 6.07) is 14.7. The Morgan fingerprint density at radius 3 is 1.96 bits per heavy atom. The molecule has 0 saturated carbocycles. The first kappa shape index (κ1) is 16.7. The topological polar surface area (TPSA) is 58.2 Å². The third kappa shape index (κ3) is 4.95. The second-order valence-electron chi connectivity index (χ2n) is 5.82. The van der Waals surface area contributed by atoms with Crippen molar-refractivity contribution in [2.75, 3.05) is 6.54 Å². The van der Waals surface area contributed by atoms with Crippen LogP contribution in [0.5, 0.6) is 0 Å². The van der Waals surface area contributed by atoms with Crippen LogP contribution in [0.1, 0.15) is 38.8 Å². The summed E-state index contributed by atoms with van der Waals surface area (Å²) in [5, 5.41) is 5.73. The van der Waals surface area contributed by atoms with Gasteiger partial charge in [-0.1, -0.05) is 35.4 Å². The lowest BCUT2D eigenvalue weighted by Gasteiger charge is -2.15. The molecular weight excluding hydrogens is 288 g/mol. The van der Waals surface area contributed by atoms with Gasteiger partial charge in [0, 0.05) is 23.7 Å². The molecule has 0 heterocycles. The molecule has 2 N–H and O–H groups in total. The molecule has 120 valence electrons. The number of carbonyl (C=O) groups excluding carboxylic acids is 2. The van der Waals surface area contributed by atoms with Gasteiger partial charge in [0.25, 0.3) is 11.8 Å². The van der Waals surface area contributed by atoms with Crippen LogP contribution in [0.3, 0.4) is 0 Å². The van der Waals surface area contributed by atoms with Gasteiger partial charge in [0.1, 0.15) is 0 Å². The summed E-state index contributed by atoms with van der Waals surface area (Å²) in [5.74, 6) is -0.267. The molecule has 0 radical (unpaired) electrons. The fraction of sp³-hybridized carbons (Fsp3) is 0.263. The summed E-state index contributed by atoms with van der Waals surface area (Å²) < 4.78 is 0. The normalized spacial score (nSPS) is 11.6. The van der Waals surface area contributed by atoms with E-state index in [0.29, 0.717) is 17.7 Å². The van der Waals surface area contributed by atoms with Crippen molar-refractivity contribution >= 4 is 11.8 Å². The summed E-state index contributed by atoms with van der Waals surface area (Å²) in [4.78, 5) is 24.2. The Morgan fingerprint density at radius 1 is 0.913 bits per heavy atom. The van der Waals surface area contributed by atoms with E-state index < -0.39 is 0 Å². The van der Waals surface area contributed by atoms with Gasteiger partial charge in [0.15, 0.2) is 0 Å². The lowest BCUT2D eigenvalue weighted by Crippen LogP contribution is -2.41. The first-order valence-corrected chi connectivity index (χ1v) is 7.68. The zero-order valence-corrected chi connectivity index (χ0v) is 13.7. The van der Waals surface area contributed by atoms with E-state index in [1.165, 1.54) is 0 Å². The third-order valence-electron chi connectivity index (χ3n) is 3.51. The van der Waals surface area contributed by atoms with Crippen molar-refractivity contribution in [2.45, 2.75) is 26.8 Å². The Morgan fingerprint density at radius 2 is 1.43 bits per heavy atom. The van der Waals surface area contributed by atoms with E-state index in [2.05, 4.69) is 10.6 Å². The van der Waals surface area contributed by atoms with Gasteiger partial charge >= 0.3 is 0 Å². The highest BCUT2D eigenvalue weighted by Crippen LogP contribution is 2.05. The van der Waals surface area contributed by atoms with Gasteiger partial charge in [-0.25, -0.2) is 0 Å². The molecule has 2 aromatic carbocycles. The van der Waals surface area contributed by atoms with E-state index in [-0.39, 0.29) is 17.9 Å². The molecule has 0 aliphatic rings. The molecule has 0 fully saturated rings. The Bertz CT molecular complexity index is 710. The number of hydrogen-bond acceptors (Lipinski definition) is 2. The number of carbonyl (C=O) groups is 2. The molecule has 2 aromatic rings. The fourth-order valence-electron chi connectivity index (χ4n) is 2.28. The van der Waals surface area contributed by atoms with Crippen LogP contribution in [0.15, 0.2) is 48.5 Å². The summed E-state index contributed by atoms with van der Waals surface area (Å²) in [5.41, 5.74) is 3.33. The smallest absolute Gasteiger partial charge is 0.251 e. The van der Waals surface area contributed by atoms with Gasteiger partial charge in [-0.05, 0) is 45.0 Å². The summed E-state index contributed by atoms with van der Waals surface area (Å²) in [6.45, 7) is 6.14. The Balaban J connectivity index is 1.86. The number of amides is 2. The van der Waals surface area contributed by atoms with E-state index >= 15 is 0 Å². The number of hydrogen-bond donors (Lipinski definition) is 2. The molecular formula is C19H22N2O2. The van der Waals surface area contributed by atoms with Crippen LogP contribution in [0.2, 0.25) is 0 Å². The summed E-state index contributed by atoms with van der Waals surface area (Å²) in [6.07, 6.45) is 0. The van der Waals surface area contributed by atoms with Crippen molar-refractivity contribution in [3.8, 4) is 0 Å². The minimum Gasteiger partial charge on any atom is -0.350 e. The van der Waals surface area contributed by atoms with Gasteiger partial charge < -0.3 is 10.6 Å². The fourth-order valence-corrected chi connectivity index (χ4v) is 2.28. The van der Waals surface area contributed by atoms with Gasteiger partial charge in [-0.15, -0.1) is 0 Å². The van der Waals surface area contributed by atoms with Crippen molar-refractivity contribution in [3.63, 3.8) is 0 Å². The molecule has 0 bridgehead atoms. The first-order valence-electron chi connectivity index (χ1n) is 7.68. The second kappa shape index (κ2) is 7.58. The van der Waals surface area contributed by atoms with Crippen LogP contribution < -0.4 is 10.6 Å². The maximum absolute atomic E-state index is 12.1. The monoisotopic (exact) mass is 310 g/mol. The van der Waals surface area contributed by atoms with Crippen LogP contribution in [0.4, 0.5) is 0 Å². The summed E-state index contributed by atoms with van der Waals surface area (Å²) in [7, 11) is 0. The molecule has 0 spiro atoms. The van der Waals surface area contributed by atoms with Crippen molar-refractivity contribution < 1.29 is 9.59 Å². The van der Waals surface area contributed by atoms with Crippen molar-refractivity contribution in [2.24, 2.45) is 0 Å². The highest BCUT2D eigenvalue weighted by molar-refractivity contribution is 5.95. The molecule has 4 heteroatoms. The van der Waals surface area contributed by atoms with Crippen molar-refractivity contribution in [1.29, 1.82) is 0 Å². The Hall–Kier alpha value is -2.62. The third-order valence-corrected chi connectivity index (χ3v) is 3.51. The highest BCUT2D eigenvalue weighted by Gasteiger charge is 2.11. The molecule has 4 nitrogen and oxygen atoms in total. The molecule has 23 heavy (non-hydrogen) atoms. The number of aryl methyl sites for hydroxylation is 2. The largest absolute Gasteiger partial charge is 0.350 e. The molecule has 0 aromatic heterocycles. The van der Waals surface area contributed by atoms with E-state index in [4.69, 9.17) is 0 Å². The Labute approximate surface area is 136 Å². The van der Waals surface area contributed by atoms with Crippen LogP contribution in [0, 0.1) is 13.8 Å². The van der Waals surface area contributed by atoms with Crippen molar-refractivity contribution in [1.82, 2.24) is 10.6 Å². The highest BCUT2D eigenvalue weighted by atomic mass is 16.2. The lowest BCUT2D eigenvalue weighted by atomic mass is 10.1. The molecule has 2 rings (SSSR count). The Kier molecular flexibility index (Phi) is 5.52. The minimum atomic E-state index is -0.156. The SMILES string of the molecule is Cc1cccc(C(=O)NC[C@H](C)NC(=O)c2cccc(C)c2)c1. The molecule has 0 aliphatic heterocycles. The zero-order chi connectivity index (χ0) is 16.8. The van der Waals surface area contributed by atoms with Gasteiger partial charge in [0.05, 0.1) is 0 Å². The zero-order valence-electron chi connectivity index (χ0n) is 13.7. The van der Waals surface area contributed by atoms with Gasteiger partial charge in [-0.2, -0.15) is 0 Å². The number of benzene rings is 2. The lowest BCUT2D eigenvalue weighted by molar-refractivity contribution is 0.0912. The second-order valence-corrected chi connectivity index (χ2v) is 5.82. The van der Waals surface area contributed by atoms with Gasteiger partial charge in [0.2, 0.25) is 0 Å². The van der Waals surface area contributed by atoms with Crippen molar-refractivity contribution in [3.05, 3.63) is 70.8 Å². The van der Waals surface area contributed by atoms with E-state index in [9.17, 15) is 9.59 Å². The summed E-state index contributed by atoms with van der Waals surface area (Å²) >= 11 is 0. The maximum atomic E-state index is 12.1. The van der Waals surface area contributed by atoms with Crippen LogP contribution in [-0.4, -0.2) is 24.4 Å². The molecule has 2 amide bonds. The molecule has 0 saturated heterocycles. The predicted molar refractivity (Wildman–Crippen MR) is 91.6 cm³/mol. The van der Waals surface area contributed by atoms with Crippen LogP contribution in [0.25, 0.3) is 0 Å². The quantitative estimate of drug-likeness (QED) is 0.892.